The van der Waals surface area contributed by atoms with Gasteiger partial charge in [0.2, 0.25) is 15.9 Å². The molecule has 1 N–H and O–H groups in total. The van der Waals surface area contributed by atoms with Crippen molar-refractivity contribution in [1.82, 2.24) is 8.87 Å². The summed E-state index contributed by atoms with van der Waals surface area (Å²) in [7, 11) is 0.806. The zero-order valence-corrected chi connectivity index (χ0v) is 21.8. The summed E-state index contributed by atoms with van der Waals surface area (Å²) >= 11 is 0. The average Bonchev–Trinajstić information content (AvgIpc) is 3.08. The van der Waals surface area contributed by atoms with Gasteiger partial charge in [-0.1, -0.05) is 0 Å². The molecule has 1 aliphatic heterocycles. The Labute approximate surface area is 206 Å². The van der Waals surface area contributed by atoms with Crippen LogP contribution in [0.4, 0.5) is 5.69 Å². The maximum Gasteiger partial charge on any atom is 0.341 e. The van der Waals surface area contributed by atoms with Gasteiger partial charge in [-0.2, -0.15) is 4.31 Å². The van der Waals surface area contributed by atoms with Gasteiger partial charge in [0, 0.05) is 49.2 Å². The number of carbonyl (C=O) groups is 2. The lowest BCUT2D eigenvalue weighted by molar-refractivity contribution is -0.120. The third-order valence-electron chi connectivity index (χ3n) is 6.48. The number of benzene rings is 1. The van der Waals surface area contributed by atoms with Crippen LogP contribution in [0.5, 0.6) is 11.5 Å². The molecule has 0 atom stereocenters. The molecule has 1 saturated heterocycles. The third kappa shape index (κ3) is 5.15. The number of aromatic nitrogens is 1. The number of anilines is 1. The van der Waals surface area contributed by atoms with Crippen LogP contribution in [-0.2, 0) is 26.6 Å². The van der Waals surface area contributed by atoms with E-state index < -0.39 is 16.0 Å². The van der Waals surface area contributed by atoms with Gasteiger partial charge in [-0.25, -0.2) is 13.2 Å². The number of amides is 1. The second-order valence-corrected chi connectivity index (χ2v) is 10.3. The van der Waals surface area contributed by atoms with Crippen molar-refractivity contribution in [3.63, 3.8) is 0 Å². The fourth-order valence-corrected chi connectivity index (χ4v) is 6.27. The highest BCUT2D eigenvalue weighted by Gasteiger charge is 2.38. The van der Waals surface area contributed by atoms with Gasteiger partial charge in [0.05, 0.1) is 20.8 Å². The van der Waals surface area contributed by atoms with Crippen molar-refractivity contribution in [2.75, 3.05) is 39.2 Å². The molecule has 2 heterocycles. The van der Waals surface area contributed by atoms with Crippen LogP contribution < -0.4 is 14.8 Å². The summed E-state index contributed by atoms with van der Waals surface area (Å²) in [5.41, 5.74) is 1.64. The number of sulfonamides is 1. The molecule has 0 spiro atoms. The van der Waals surface area contributed by atoms with Crippen molar-refractivity contribution in [1.29, 1.82) is 0 Å². The Kier molecular flexibility index (Phi) is 8.11. The smallest absolute Gasteiger partial charge is 0.341 e. The minimum absolute atomic E-state index is 0.0239. The summed E-state index contributed by atoms with van der Waals surface area (Å²) in [4.78, 5) is 25.4. The highest BCUT2D eigenvalue weighted by molar-refractivity contribution is 7.89. The maximum absolute atomic E-state index is 13.6. The van der Waals surface area contributed by atoms with Gasteiger partial charge >= 0.3 is 5.97 Å². The number of methoxy groups -OCH3 is 2. The van der Waals surface area contributed by atoms with Gasteiger partial charge < -0.3 is 24.1 Å². The van der Waals surface area contributed by atoms with E-state index in [0.717, 1.165) is 0 Å². The van der Waals surface area contributed by atoms with Crippen molar-refractivity contribution < 1.29 is 32.2 Å². The van der Waals surface area contributed by atoms with Gasteiger partial charge in [0.25, 0.3) is 0 Å². The molecule has 11 heteroatoms. The molecule has 1 aromatic carbocycles. The number of ether oxygens (including phenoxy) is 3. The van der Waals surface area contributed by atoms with Crippen LogP contribution in [0.1, 0.15) is 41.5 Å². The van der Waals surface area contributed by atoms with E-state index in [-0.39, 0.29) is 42.0 Å². The normalized spacial score (nSPS) is 15.0. The predicted molar refractivity (Wildman–Crippen MR) is 131 cm³/mol. The molecule has 1 aromatic heterocycles. The first kappa shape index (κ1) is 26.6. The van der Waals surface area contributed by atoms with E-state index in [1.54, 1.807) is 50.6 Å². The third-order valence-corrected chi connectivity index (χ3v) is 8.54. The molecule has 10 nitrogen and oxygen atoms in total. The number of nitrogens with one attached hydrogen (secondary N) is 1. The first-order valence-electron chi connectivity index (χ1n) is 11.4. The van der Waals surface area contributed by atoms with Crippen molar-refractivity contribution >= 4 is 27.6 Å². The zero-order chi connectivity index (χ0) is 25.9. The highest BCUT2D eigenvalue weighted by atomic mass is 32.2. The molecule has 2 aromatic rings. The van der Waals surface area contributed by atoms with E-state index in [4.69, 9.17) is 14.2 Å². The molecular weight excluding hydrogens is 474 g/mol. The number of rotatable bonds is 8. The molecule has 0 radical (unpaired) electrons. The van der Waals surface area contributed by atoms with Crippen LogP contribution in [0.25, 0.3) is 0 Å². The lowest BCUT2D eigenvalue weighted by Gasteiger charge is -2.30. The molecular formula is C24H33N3O7S. The average molecular weight is 508 g/mol. The van der Waals surface area contributed by atoms with E-state index in [9.17, 15) is 18.0 Å². The summed E-state index contributed by atoms with van der Waals surface area (Å²) in [6, 6.07) is 5.10. The zero-order valence-electron chi connectivity index (χ0n) is 21.0. The molecule has 1 amide bonds. The molecule has 0 aliphatic carbocycles. The quantitative estimate of drug-likeness (QED) is 0.546. The standard InChI is InChI=1S/C24H33N3O7S/c1-7-34-24(29)21-15(2)26(4)16(3)22(21)35(30,31)27-12-10-17(11-13-27)23(28)25-18-8-9-19(32-5)20(14-18)33-6/h8-9,14,17H,7,10-13H2,1-6H3,(H,25,28). The Balaban J connectivity index is 1.75. The van der Waals surface area contributed by atoms with Crippen LogP contribution >= 0.6 is 0 Å². The minimum atomic E-state index is -3.96. The van der Waals surface area contributed by atoms with Gasteiger partial charge in [0.1, 0.15) is 10.5 Å². The first-order chi connectivity index (χ1) is 16.6. The second-order valence-electron chi connectivity index (χ2n) is 8.39. The minimum Gasteiger partial charge on any atom is -0.493 e. The summed E-state index contributed by atoms with van der Waals surface area (Å²) in [5, 5.41) is 2.87. The highest BCUT2D eigenvalue weighted by Crippen LogP contribution is 2.33. The molecule has 1 fully saturated rings. The predicted octanol–water partition coefficient (Wildman–Crippen LogP) is 2.88. The Morgan fingerprint density at radius 2 is 1.69 bits per heavy atom. The van der Waals surface area contributed by atoms with Crippen LogP contribution in [0, 0.1) is 19.8 Å². The Bertz CT molecular complexity index is 1210. The molecule has 35 heavy (non-hydrogen) atoms. The first-order valence-corrected chi connectivity index (χ1v) is 12.9. The van der Waals surface area contributed by atoms with E-state index in [1.165, 1.54) is 18.5 Å². The molecule has 3 rings (SSSR count). The number of nitrogens with zero attached hydrogens (tertiary/aromatic N) is 2. The van der Waals surface area contributed by atoms with Crippen LogP contribution in [0.2, 0.25) is 0 Å². The molecule has 1 aliphatic rings. The lowest BCUT2D eigenvalue weighted by Crippen LogP contribution is -2.41. The number of carbonyl (C=O) groups excluding carboxylic acids is 2. The number of piperidine rings is 1. The number of hydrogen-bond donors (Lipinski definition) is 1. The van der Waals surface area contributed by atoms with Crippen LogP contribution in [0.3, 0.4) is 0 Å². The SMILES string of the molecule is CCOC(=O)c1c(S(=O)(=O)N2CCC(C(=O)Nc3ccc(OC)c(OC)c3)CC2)c(C)n(C)c1C. The molecule has 192 valence electrons. The van der Waals surface area contributed by atoms with Gasteiger partial charge in [-0.3, -0.25) is 4.79 Å². The Hall–Kier alpha value is -3.05. The van der Waals surface area contributed by atoms with Crippen LogP contribution in [-0.4, -0.2) is 63.1 Å². The second kappa shape index (κ2) is 10.7. The van der Waals surface area contributed by atoms with E-state index in [0.29, 0.717) is 41.4 Å². The maximum atomic E-state index is 13.6. The van der Waals surface area contributed by atoms with E-state index in [1.807, 2.05) is 0 Å². The molecule has 0 unspecified atom stereocenters. The monoisotopic (exact) mass is 507 g/mol. The van der Waals surface area contributed by atoms with Crippen molar-refractivity contribution in [3.05, 3.63) is 35.2 Å². The fourth-order valence-electron chi connectivity index (χ4n) is 4.32. The summed E-state index contributed by atoms with van der Waals surface area (Å²) < 4.78 is 45.8. The largest absolute Gasteiger partial charge is 0.493 e. The van der Waals surface area contributed by atoms with Gasteiger partial charge in [0.15, 0.2) is 11.5 Å². The van der Waals surface area contributed by atoms with Crippen molar-refractivity contribution in [2.24, 2.45) is 13.0 Å². The Morgan fingerprint density at radius 3 is 2.26 bits per heavy atom. The Morgan fingerprint density at radius 1 is 1.06 bits per heavy atom. The summed E-state index contributed by atoms with van der Waals surface area (Å²) in [6.07, 6.45) is 0.718. The van der Waals surface area contributed by atoms with Crippen LogP contribution in [0.15, 0.2) is 23.1 Å². The van der Waals surface area contributed by atoms with E-state index in [2.05, 4.69) is 5.32 Å². The fraction of sp³-hybridized carbons (Fsp3) is 0.500. The lowest BCUT2D eigenvalue weighted by atomic mass is 9.97. The summed E-state index contributed by atoms with van der Waals surface area (Å²) in [5.74, 6) is -0.142. The molecule has 0 bridgehead atoms. The van der Waals surface area contributed by atoms with Gasteiger partial charge in [-0.15, -0.1) is 0 Å². The van der Waals surface area contributed by atoms with Crippen molar-refractivity contribution in [3.8, 4) is 11.5 Å². The van der Waals surface area contributed by atoms with Crippen molar-refractivity contribution in [2.45, 2.75) is 38.5 Å². The summed E-state index contributed by atoms with van der Waals surface area (Å²) in [6.45, 7) is 5.53. The van der Waals surface area contributed by atoms with E-state index >= 15 is 0 Å². The van der Waals surface area contributed by atoms with Gasteiger partial charge in [-0.05, 0) is 45.7 Å². The number of esters is 1. The number of hydrogen-bond acceptors (Lipinski definition) is 7. The topological polar surface area (TPSA) is 116 Å². The molecule has 0 saturated carbocycles.